The lowest BCUT2D eigenvalue weighted by Crippen LogP contribution is -2.26. The maximum Gasteiger partial charge on any atom is 0.101 e. The minimum atomic E-state index is 0.423. The van der Waals surface area contributed by atoms with E-state index in [-0.39, 0.29) is 0 Å². The van der Waals surface area contributed by atoms with Crippen molar-refractivity contribution in [2.24, 2.45) is 5.41 Å². The minimum absolute atomic E-state index is 0.423. The average Bonchev–Trinajstić information content (AvgIpc) is 2.86. The summed E-state index contributed by atoms with van der Waals surface area (Å²) in [6.45, 7) is 3.22. The molecule has 0 heterocycles. The van der Waals surface area contributed by atoms with E-state index in [1.807, 2.05) is 12.1 Å². The molecule has 3 heteroatoms. The van der Waals surface area contributed by atoms with Crippen LogP contribution in [-0.4, -0.2) is 6.54 Å². The van der Waals surface area contributed by atoms with Crippen molar-refractivity contribution in [2.75, 3.05) is 11.9 Å². The van der Waals surface area contributed by atoms with Gasteiger partial charge in [0.15, 0.2) is 0 Å². The zero-order valence-electron chi connectivity index (χ0n) is 10.8. The molecule has 0 amide bonds. The molecule has 1 aromatic carbocycles. The quantitative estimate of drug-likeness (QED) is 0.861. The highest BCUT2D eigenvalue weighted by molar-refractivity contribution is 6.30. The maximum absolute atomic E-state index is 9.11. The second-order valence-corrected chi connectivity index (χ2v) is 5.65. The number of nitriles is 1. The number of nitrogens with zero attached hydrogens (tertiary/aromatic N) is 1. The number of rotatable bonds is 4. The molecule has 0 spiro atoms. The Balaban J connectivity index is 2.08. The molecule has 0 atom stereocenters. The SMILES string of the molecule is CCC1(CNc2ccc(Cl)cc2C#N)CCCC1. The number of hydrogen-bond donors (Lipinski definition) is 1. The summed E-state index contributed by atoms with van der Waals surface area (Å²) in [7, 11) is 0. The average molecular weight is 263 g/mol. The van der Waals surface area contributed by atoms with Crippen LogP contribution in [0.25, 0.3) is 0 Å². The largest absolute Gasteiger partial charge is 0.383 e. The van der Waals surface area contributed by atoms with E-state index in [1.54, 1.807) is 6.07 Å². The Morgan fingerprint density at radius 3 is 2.72 bits per heavy atom. The Labute approximate surface area is 114 Å². The van der Waals surface area contributed by atoms with Crippen LogP contribution in [0.5, 0.6) is 0 Å². The fraction of sp³-hybridized carbons (Fsp3) is 0.533. The van der Waals surface area contributed by atoms with Gasteiger partial charge in [-0.25, -0.2) is 0 Å². The number of anilines is 1. The monoisotopic (exact) mass is 262 g/mol. The molecule has 1 N–H and O–H groups in total. The Kier molecular flexibility index (Phi) is 4.14. The highest BCUT2D eigenvalue weighted by atomic mass is 35.5. The first kappa shape index (κ1) is 13.2. The van der Waals surface area contributed by atoms with Crippen molar-refractivity contribution >= 4 is 17.3 Å². The van der Waals surface area contributed by atoms with Crippen LogP contribution in [0, 0.1) is 16.7 Å². The molecule has 0 radical (unpaired) electrons. The van der Waals surface area contributed by atoms with Gasteiger partial charge in [-0.15, -0.1) is 0 Å². The molecule has 1 fully saturated rings. The van der Waals surface area contributed by atoms with E-state index in [0.29, 0.717) is 16.0 Å². The summed E-state index contributed by atoms with van der Waals surface area (Å²) in [5.41, 5.74) is 1.96. The second-order valence-electron chi connectivity index (χ2n) is 5.22. The van der Waals surface area contributed by atoms with Crippen LogP contribution >= 0.6 is 11.6 Å². The van der Waals surface area contributed by atoms with E-state index in [4.69, 9.17) is 16.9 Å². The highest BCUT2D eigenvalue weighted by Gasteiger charge is 2.31. The number of nitrogens with one attached hydrogen (secondary N) is 1. The standard InChI is InChI=1S/C15H19ClN2/c1-2-15(7-3-4-8-15)11-18-14-6-5-13(16)9-12(14)10-17/h5-6,9,18H,2-4,7-8,11H2,1H3. The summed E-state index contributed by atoms with van der Waals surface area (Å²) >= 11 is 5.90. The van der Waals surface area contributed by atoms with Crippen LogP contribution in [0.2, 0.25) is 5.02 Å². The Morgan fingerprint density at radius 1 is 1.39 bits per heavy atom. The summed E-state index contributed by atoms with van der Waals surface area (Å²) in [4.78, 5) is 0. The highest BCUT2D eigenvalue weighted by Crippen LogP contribution is 2.41. The van der Waals surface area contributed by atoms with Gasteiger partial charge in [0.25, 0.3) is 0 Å². The molecule has 18 heavy (non-hydrogen) atoms. The zero-order chi connectivity index (χ0) is 13.0. The van der Waals surface area contributed by atoms with Gasteiger partial charge in [-0.1, -0.05) is 31.4 Å². The van der Waals surface area contributed by atoms with Crippen molar-refractivity contribution in [3.05, 3.63) is 28.8 Å². The van der Waals surface area contributed by atoms with Crippen LogP contribution in [-0.2, 0) is 0 Å². The predicted octanol–water partition coefficient (Wildman–Crippen LogP) is 4.59. The summed E-state index contributed by atoms with van der Waals surface area (Å²) < 4.78 is 0. The van der Waals surface area contributed by atoms with Gasteiger partial charge >= 0.3 is 0 Å². The van der Waals surface area contributed by atoms with Gasteiger partial charge in [-0.05, 0) is 42.9 Å². The van der Waals surface area contributed by atoms with E-state index in [2.05, 4.69) is 18.3 Å². The zero-order valence-corrected chi connectivity index (χ0v) is 11.6. The van der Waals surface area contributed by atoms with Crippen LogP contribution < -0.4 is 5.32 Å². The van der Waals surface area contributed by atoms with Crippen molar-refractivity contribution in [3.8, 4) is 6.07 Å². The lowest BCUT2D eigenvalue weighted by atomic mass is 9.83. The molecule has 0 aromatic heterocycles. The van der Waals surface area contributed by atoms with Gasteiger partial charge in [-0.2, -0.15) is 5.26 Å². The molecule has 0 aliphatic heterocycles. The number of halogens is 1. The van der Waals surface area contributed by atoms with E-state index in [9.17, 15) is 0 Å². The van der Waals surface area contributed by atoms with Crippen LogP contribution in [0.3, 0.4) is 0 Å². The van der Waals surface area contributed by atoms with Gasteiger partial charge in [0.2, 0.25) is 0 Å². The lowest BCUT2D eigenvalue weighted by Gasteiger charge is -2.28. The normalized spacial score (nSPS) is 17.4. The topological polar surface area (TPSA) is 35.8 Å². The molecular weight excluding hydrogens is 244 g/mol. The van der Waals surface area contributed by atoms with Gasteiger partial charge in [0.1, 0.15) is 6.07 Å². The Hall–Kier alpha value is -1.20. The van der Waals surface area contributed by atoms with Crippen molar-refractivity contribution in [1.82, 2.24) is 0 Å². The van der Waals surface area contributed by atoms with Gasteiger partial charge < -0.3 is 5.32 Å². The van der Waals surface area contributed by atoms with Crippen molar-refractivity contribution in [2.45, 2.75) is 39.0 Å². The predicted molar refractivity (Wildman–Crippen MR) is 75.8 cm³/mol. The third-order valence-electron chi connectivity index (χ3n) is 4.17. The minimum Gasteiger partial charge on any atom is -0.383 e. The molecule has 1 aromatic rings. The molecule has 0 saturated heterocycles. The van der Waals surface area contributed by atoms with Crippen molar-refractivity contribution in [1.29, 1.82) is 5.26 Å². The van der Waals surface area contributed by atoms with Crippen molar-refractivity contribution < 1.29 is 0 Å². The lowest BCUT2D eigenvalue weighted by molar-refractivity contribution is 0.307. The van der Waals surface area contributed by atoms with Gasteiger partial charge in [0.05, 0.1) is 11.3 Å². The van der Waals surface area contributed by atoms with E-state index >= 15 is 0 Å². The third kappa shape index (κ3) is 2.79. The van der Waals surface area contributed by atoms with Crippen LogP contribution in [0.4, 0.5) is 5.69 Å². The summed E-state index contributed by atoms with van der Waals surface area (Å²) in [6, 6.07) is 7.65. The second kappa shape index (κ2) is 5.63. The molecule has 2 rings (SSSR count). The first-order chi connectivity index (χ1) is 8.69. The molecule has 1 aliphatic rings. The number of benzene rings is 1. The Bertz CT molecular complexity index is 456. The van der Waals surface area contributed by atoms with Crippen molar-refractivity contribution in [3.63, 3.8) is 0 Å². The maximum atomic E-state index is 9.11. The molecule has 0 bridgehead atoms. The third-order valence-corrected chi connectivity index (χ3v) is 4.41. The van der Waals surface area contributed by atoms with E-state index in [1.165, 1.54) is 32.1 Å². The molecule has 96 valence electrons. The number of hydrogen-bond acceptors (Lipinski definition) is 2. The Morgan fingerprint density at radius 2 is 2.11 bits per heavy atom. The van der Waals surface area contributed by atoms with Gasteiger partial charge in [-0.3, -0.25) is 0 Å². The fourth-order valence-corrected chi connectivity index (χ4v) is 3.00. The first-order valence-electron chi connectivity index (χ1n) is 6.63. The van der Waals surface area contributed by atoms with Crippen LogP contribution in [0.15, 0.2) is 18.2 Å². The van der Waals surface area contributed by atoms with E-state index < -0.39 is 0 Å². The molecule has 1 aliphatic carbocycles. The summed E-state index contributed by atoms with van der Waals surface area (Å²) in [5.74, 6) is 0. The van der Waals surface area contributed by atoms with Crippen LogP contribution in [0.1, 0.15) is 44.6 Å². The molecule has 0 unspecified atom stereocenters. The smallest absolute Gasteiger partial charge is 0.101 e. The molecule has 2 nitrogen and oxygen atoms in total. The fourth-order valence-electron chi connectivity index (χ4n) is 2.83. The first-order valence-corrected chi connectivity index (χ1v) is 7.00. The van der Waals surface area contributed by atoms with Gasteiger partial charge in [0, 0.05) is 11.6 Å². The molecular formula is C15H19ClN2. The molecule has 1 saturated carbocycles. The summed E-state index contributed by atoms with van der Waals surface area (Å²) in [5, 5.41) is 13.2. The summed E-state index contributed by atoms with van der Waals surface area (Å²) in [6.07, 6.45) is 6.47. The van der Waals surface area contributed by atoms with E-state index in [0.717, 1.165) is 12.2 Å².